The van der Waals surface area contributed by atoms with Gasteiger partial charge in [0.2, 0.25) is 5.90 Å². The van der Waals surface area contributed by atoms with E-state index >= 15 is 0 Å². The molecule has 37 heavy (non-hydrogen) atoms. The van der Waals surface area contributed by atoms with Gasteiger partial charge in [-0.25, -0.2) is 27.5 Å². The maximum atomic E-state index is 13.3. The van der Waals surface area contributed by atoms with Crippen LogP contribution in [0.5, 0.6) is 0 Å². The number of aryl methyl sites for hydroxylation is 1. The Labute approximate surface area is 213 Å². The Morgan fingerprint density at radius 2 is 1.84 bits per heavy atom. The highest BCUT2D eigenvalue weighted by atomic mass is 19.3. The van der Waals surface area contributed by atoms with Crippen LogP contribution in [-0.2, 0) is 10.2 Å². The molecule has 4 N–H and O–H groups in total. The molecule has 0 saturated heterocycles. The first-order chi connectivity index (χ1) is 17.1. The normalized spacial score (nSPS) is 24.7. The zero-order valence-electron chi connectivity index (χ0n) is 21.6. The monoisotopic (exact) mass is 523 g/mol. The first-order valence-electron chi connectivity index (χ1n) is 12.2. The van der Waals surface area contributed by atoms with Crippen molar-refractivity contribution in [2.45, 2.75) is 88.8 Å². The van der Waals surface area contributed by atoms with E-state index in [1.54, 1.807) is 6.07 Å². The van der Waals surface area contributed by atoms with Crippen molar-refractivity contribution in [2.24, 2.45) is 15.7 Å². The van der Waals surface area contributed by atoms with Crippen molar-refractivity contribution in [3.8, 4) is 0 Å². The maximum absolute atomic E-state index is 13.3. The van der Waals surface area contributed by atoms with Crippen LogP contribution in [0.1, 0.15) is 63.3 Å². The largest absolute Gasteiger partial charge is 0.405 e. The summed E-state index contributed by atoms with van der Waals surface area (Å²) in [5.41, 5.74) is 7.23. The number of amidine groups is 1. The number of anilines is 1. The van der Waals surface area contributed by atoms with Crippen molar-refractivity contribution < 1.29 is 27.4 Å². The van der Waals surface area contributed by atoms with Crippen LogP contribution in [0, 0.1) is 6.92 Å². The molecule has 4 rings (SSSR count). The van der Waals surface area contributed by atoms with Gasteiger partial charge in [0.1, 0.15) is 11.3 Å². The molecule has 7 nitrogen and oxygen atoms in total. The Kier molecular flexibility index (Phi) is 6.89. The summed E-state index contributed by atoms with van der Waals surface area (Å²) in [5.74, 6) is -2.51. The van der Waals surface area contributed by atoms with E-state index in [9.17, 15) is 22.7 Å². The SMILES string of the molecule is CN=C(OC(N)=NC1CC(O)(C(F)F)C1)c1cc(C)c2cc(NC3CC(F)(F)C3)cc(C(C)(C)C)c2n1. The summed E-state index contributed by atoms with van der Waals surface area (Å²) in [6.07, 6.45) is -3.63. The first kappa shape index (κ1) is 27.1. The maximum Gasteiger partial charge on any atom is 0.289 e. The molecule has 2 aliphatic carbocycles. The molecule has 0 unspecified atom stereocenters. The van der Waals surface area contributed by atoms with Gasteiger partial charge in [-0.3, -0.25) is 4.99 Å². The molecule has 2 saturated carbocycles. The van der Waals surface area contributed by atoms with Gasteiger partial charge in [-0.15, -0.1) is 0 Å². The number of pyridine rings is 1. The number of nitrogens with one attached hydrogen (secondary N) is 1. The molecule has 11 heteroatoms. The van der Waals surface area contributed by atoms with Gasteiger partial charge in [-0.1, -0.05) is 20.8 Å². The fourth-order valence-corrected chi connectivity index (χ4v) is 4.80. The summed E-state index contributed by atoms with van der Waals surface area (Å²) in [7, 11) is 1.51. The number of hydrogen-bond donors (Lipinski definition) is 3. The lowest BCUT2D eigenvalue weighted by Crippen LogP contribution is -2.52. The van der Waals surface area contributed by atoms with Gasteiger partial charge >= 0.3 is 0 Å². The van der Waals surface area contributed by atoms with E-state index in [0.29, 0.717) is 11.2 Å². The lowest BCUT2D eigenvalue weighted by Gasteiger charge is -2.40. The third-order valence-corrected chi connectivity index (χ3v) is 6.91. The molecular formula is C26H33F4N5O2. The van der Waals surface area contributed by atoms with Crippen LogP contribution in [0.2, 0.25) is 0 Å². The number of aliphatic imine (C=N–C) groups is 2. The van der Waals surface area contributed by atoms with Crippen LogP contribution in [-0.4, -0.2) is 59.1 Å². The van der Waals surface area contributed by atoms with Crippen molar-refractivity contribution in [2.75, 3.05) is 12.4 Å². The highest BCUT2D eigenvalue weighted by Gasteiger charge is 2.50. The number of halogens is 4. The van der Waals surface area contributed by atoms with Crippen LogP contribution >= 0.6 is 0 Å². The summed E-state index contributed by atoms with van der Waals surface area (Å²) in [6, 6.07) is 4.52. The minimum absolute atomic E-state index is 0.105. The second kappa shape index (κ2) is 9.41. The van der Waals surface area contributed by atoms with Gasteiger partial charge in [0.15, 0.2) is 0 Å². The fourth-order valence-electron chi connectivity index (χ4n) is 4.80. The summed E-state index contributed by atoms with van der Waals surface area (Å²) in [5, 5.41) is 13.8. The predicted octanol–water partition coefficient (Wildman–Crippen LogP) is 4.92. The van der Waals surface area contributed by atoms with Crippen molar-refractivity contribution in [1.29, 1.82) is 0 Å². The number of aliphatic hydroxyl groups is 1. The van der Waals surface area contributed by atoms with E-state index in [2.05, 4.69) is 15.3 Å². The van der Waals surface area contributed by atoms with Gasteiger partial charge in [0, 0.05) is 49.8 Å². The molecule has 0 spiro atoms. The number of benzene rings is 1. The van der Waals surface area contributed by atoms with Gasteiger partial charge < -0.3 is 20.9 Å². The van der Waals surface area contributed by atoms with Crippen LogP contribution in [0.25, 0.3) is 10.9 Å². The molecule has 2 aliphatic rings. The molecule has 2 fully saturated rings. The fraction of sp³-hybridized carbons (Fsp3) is 0.577. The highest BCUT2D eigenvalue weighted by molar-refractivity contribution is 6.02. The second-order valence-electron chi connectivity index (χ2n) is 11.2. The van der Waals surface area contributed by atoms with Gasteiger partial charge in [-0.05, 0) is 41.7 Å². The highest BCUT2D eigenvalue weighted by Crippen LogP contribution is 2.41. The average molecular weight is 524 g/mol. The lowest BCUT2D eigenvalue weighted by molar-refractivity contribution is -0.150. The van der Waals surface area contributed by atoms with Crippen molar-refractivity contribution in [1.82, 2.24) is 4.98 Å². The number of aromatic nitrogens is 1. The summed E-state index contributed by atoms with van der Waals surface area (Å²) >= 11 is 0. The van der Waals surface area contributed by atoms with E-state index < -0.39 is 24.0 Å². The minimum Gasteiger partial charge on any atom is -0.405 e. The number of ether oxygens (including phenoxy) is 1. The minimum atomic E-state index is -2.85. The number of fused-ring (bicyclic) bond motifs is 1. The lowest BCUT2D eigenvalue weighted by atomic mass is 9.76. The van der Waals surface area contributed by atoms with Crippen molar-refractivity contribution in [3.63, 3.8) is 0 Å². The summed E-state index contributed by atoms with van der Waals surface area (Å²) < 4.78 is 58.0. The molecule has 0 aliphatic heterocycles. The molecule has 0 bridgehead atoms. The standard InChI is InChI=1S/C26H33F4N5O2/c1-13-6-19(21(32-5)37-23(31)34-15-9-25(36,10-15)22(27)28)35-20-17(13)7-14(8-18(20)24(2,3)4)33-16-11-26(29,30)12-16/h6-8,15-16,22,33,36H,9-12H2,1-5H3,(H2,31,34). The Hall–Kier alpha value is -2.95. The predicted molar refractivity (Wildman–Crippen MR) is 136 cm³/mol. The second-order valence-corrected chi connectivity index (χ2v) is 11.2. The molecule has 1 heterocycles. The Balaban J connectivity index is 1.62. The Morgan fingerprint density at radius 1 is 1.19 bits per heavy atom. The molecule has 0 radical (unpaired) electrons. The van der Waals surface area contributed by atoms with Gasteiger partial charge in [0.25, 0.3) is 18.4 Å². The molecule has 202 valence electrons. The van der Waals surface area contributed by atoms with E-state index in [4.69, 9.17) is 15.5 Å². The molecule has 2 aromatic rings. The molecule has 1 aromatic heterocycles. The number of rotatable bonds is 5. The van der Waals surface area contributed by atoms with Gasteiger partial charge in [0.05, 0.1) is 11.6 Å². The quantitative estimate of drug-likeness (QED) is 0.293. The molecule has 0 atom stereocenters. The topological polar surface area (TPSA) is 105 Å². The van der Waals surface area contributed by atoms with E-state index in [1.165, 1.54) is 7.05 Å². The molecule has 1 aromatic carbocycles. The summed E-state index contributed by atoms with van der Waals surface area (Å²) in [6.45, 7) is 8.04. The van der Waals surface area contributed by atoms with Gasteiger partial charge in [-0.2, -0.15) is 0 Å². The number of alkyl halides is 4. The number of nitrogens with two attached hydrogens (primary N) is 1. The van der Waals surface area contributed by atoms with Crippen LogP contribution in [0.4, 0.5) is 23.2 Å². The smallest absolute Gasteiger partial charge is 0.289 e. The molecule has 0 amide bonds. The first-order valence-corrected chi connectivity index (χ1v) is 12.2. The number of nitrogens with zero attached hydrogens (tertiary/aromatic N) is 3. The Bertz CT molecular complexity index is 1240. The average Bonchev–Trinajstić information content (AvgIpc) is 2.74. The van der Waals surface area contributed by atoms with Crippen LogP contribution < -0.4 is 11.1 Å². The van der Waals surface area contributed by atoms with Crippen LogP contribution in [0.3, 0.4) is 0 Å². The third kappa shape index (κ3) is 5.66. The zero-order valence-corrected chi connectivity index (χ0v) is 21.6. The Morgan fingerprint density at radius 3 is 2.38 bits per heavy atom. The van der Waals surface area contributed by atoms with E-state index in [0.717, 1.165) is 22.2 Å². The summed E-state index contributed by atoms with van der Waals surface area (Å²) in [4.78, 5) is 13.1. The zero-order chi connectivity index (χ0) is 27.3. The molecular weight excluding hydrogens is 490 g/mol. The van der Waals surface area contributed by atoms with E-state index in [-0.39, 0.29) is 49.1 Å². The van der Waals surface area contributed by atoms with E-state index in [1.807, 2.05) is 39.8 Å². The third-order valence-electron chi connectivity index (χ3n) is 6.91. The van der Waals surface area contributed by atoms with Crippen molar-refractivity contribution >= 4 is 28.5 Å². The number of hydrogen-bond acceptors (Lipinski definition) is 6. The van der Waals surface area contributed by atoms with Crippen molar-refractivity contribution in [3.05, 3.63) is 35.0 Å². The van der Waals surface area contributed by atoms with Crippen LogP contribution in [0.15, 0.2) is 28.2 Å².